The minimum Gasteiger partial charge on any atom is -0.382 e. The van der Waals surface area contributed by atoms with Crippen molar-refractivity contribution in [2.75, 3.05) is 24.2 Å². The summed E-state index contributed by atoms with van der Waals surface area (Å²) < 4.78 is 29.0. The number of anilines is 1. The Morgan fingerprint density at radius 3 is 2.58 bits per heavy atom. The van der Waals surface area contributed by atoms with Crippen molar-refractivity contribution in [3.05, 3.63) is 24.3 Å². The third-order valence-electron chi connectivity index (χ3n) is 3.40. The molecule has 1 aromatic carbocycles. The van der Waals surface area contributed by atoms with Crippen LogP contribution in [-0.4, -0.2) is 33.4 Å². The first-order valence-corrected chi connectivity index (χ1v) is 8.45. The van der Waals surface area contributed by atoms with Crippen molar-refractivity contribution in [2.24, 2.45) is 0 Å². The van der Waals surface area contributed by atoms with Crippen LogP contribution in [0.5, 0.6) is 0 Å². The molecule has 0 spiro atoms. The molecule has 0 aliphatic carbocycles. The summed E-state index contributed by atoms with van der Waals surface area (Å²) in [6.45, 7) is 3.28. The second-order valence-electron chi connectivity index (χ2n) is 4.80. The van der Waals surface area contributed by atoms with Crippen LogP contribution >= 0.6 is 0 Å². The van der Waals surface area contributed by atoms with Gasteiger partial charge in [0.15, 0.2) is 9.84 Å². The van der Waals surface area contributed by atoms with Gasteiger partial charge in [0, 0.05) is 18.8 Å². The largest absolute Gasteiger partial charge is 0.382 e. The zero-order valence-electron chi connectivity index (χ0n) is 11.3. The normalized spacial score (nSPS) is 20.2. The highest BCUT2D eigenvalue weighted by Crippen LogP contribution is 2.17. The first-order chi connectivity index (χ1) is 9.12. The third kappa shape index (κ3) is 3.94. The topological polar surface area (TPSA) is 55.4 Å². The molecule has 1 aliphatic rings. The predicted molar refractivity (Wildman–Crippen MR) is 76.2 cm³/mol. The lowest BCUT2D eigenvalue weighted by Gasteiger charge is -2.23. The Morgan fingerprint density at radius 1 is 1.26 bits per heavy atom. The van der Waals surface area contributed by atoms with E-state index in [1.165, 1.54) is 6.42 Å². The molecular weight excluding hydrogens is 262 g/mol. The van der Waals surface area contributed by atoms with Gasteiger partial charge in [-0.1, -0.05) is 6.92 Å². The van der Waals surface area contributed by atoms with Gasteiger partial charge in [0.2, 0.25) is 0 Å². The Kier molecular flexibility index (Phi) is 4.82. The Labute approximate surface area is 115 Å². The van der Waals surface area contributed by atoms with E-state index in [0.717, 1.165) is 31.7 Å². The summed E-state index contributed by atoms with van der Waals surface area (Å²) in [4.78, 5) is 0.384. The molecule has 0 radical (unpaired) electrons. The molecule has 0 aromatic heterocycles. The smallest absolute Gasteiger partial charge is 0.178 e. The van der Waals surface area contributed by atoms with E-state index in [2.05, 4.69) is 5.32 Å². The lowest BCUT2D eigenvalue weighted by Crippen LogP contribution is -2.26. The standard InChI is InChI=1S/C14H21NO3S/c1-2-19(16,17)14-8-6-12(7-9-14)15-11-13-5-3-4-10-18-13/h6-9,13,15H,2-5,10-11H2,1H3. The van der Waals surface area contributed by atoms with Gasteiger partial charge in [-0.25, -0.2) is 8.42 Å². The molecule has 0 saturated carbocycles. The van der Waals surface area contributed by atoms with Crippen LogP contribution in [0.15, 0.2) is 29.2 Å². The highest BCUT2D eigenvalue weighted by molar-refractivity contribution is 7.91. The van der Waals surface area contributed by atoms with Gasteiger partial charge in [-0.05, 0) is 43.5 Å². The quantitative estimate of drug-likeness (QED) is 0.902. The second-order valence-corrected chi connectivity index (χ2v) is 7.08. The summed E-state index contributed by atoms with van der Waals surface area (Å²) in [6.07, 6.45) is 3.74. The zero-order chi connectivity index (χ0) is 13.7. The monoisotopic (exact) mass is 283 g/mol. The second kappa shape index (κ2) is 6.39. The van der Waals surface area contributed by atoms with Gasteiger partial charge >= 0.3 is 0 Å². The Bertz CT molecular complexity index is 490. The van der Waals surface area contributed by atoms with Crippen LogP contribution in [-0.2, 0) is 14.6 Å². The van der Waals surface area contributed by atoms with Crippen LogP contribution in [0.3, 0.4) is 0 Å². The minimum absolute atomic E-state index is 0.135. The minimum atomic E-state index is -3.10. The van der Waals surface area contributed by atoms with Crippen molar-refractivity contribution in [3.63, 3.8) is 0 Å². The van der Waals surface area contributed by atoms with Crippen LogP contribution in [0.4, 0.5) is 5.69 Å². The molecule has 106 valence electrons. The fourth-order valence-electron chi connectivity index (χ4n) is 2.15. The number of sulfone groups is 1. The maximum absolute atomic E-state index is 11.7. The van der Waals surface area contributed by atoms with E-state index in [9.17, 15) is 8.42 Å². The van der Waals surface area contributed by atoms with E-state index in [-0.39, 0.29) is 11.9 Å². The zero-order valence-corrected chi connectivity index (χ0v) is 12.1. The molecule has 2 rings (SSSR count). The van der Waals surface area contributed by atoms with E-state index >= 15 is 0 Å². The van der Waals surface area contributed by atoms with Crippen molar-refractivity contribution in [2.45, 2.75) is 37.2 Å². The van der Waals surface area contributed by atoms with Gasteiger partial charge in [0.25, 0.3) is 0 Å². The van der Waals surface area contributed by atoms with Crippen molar-refractivity contribution < 1.29 is 13.2 Å². The number of ether oxygens (including phenoxy) is 1. The van der Waals surface area contributed by atoms with Gasteiger partial charge in [0.1, 0.15) is 0 Å². The summed E-state index contributed by atoms with van der Waals surface area (Å²) in [5, 5.41) is 3.29. The van der Waals surface area contributed by atoms with Crippen LogP contribution in [0.2, 0.25) is 0 Å². The molecule has 1 atom stereocenters. The van der Waals surface area contributed by atoms with Gasteiger partial charge in [-0.15, -0.1) is 0 Å². The average molecular weight is 283 g/mol. The Hall–Kier alpha value is -1.07. The molecule has 1 heterocycles. The van der Waals surface area contributed by atoms with Crippen LogP contribution < -0.4 is 5.32 Å². The van der Waals surface area contributed by atoms with Crippen molar-refractivity contribution >= 4 is 15.5 Å². The van der Waals surface area contributed by atoms with Crippen molar-refractivity contribution in [3.8, 4) is 0 Å². The van der Waals surface area contributed by atoms with Crippen molar-refractivity contribution in [1.29, 1.82) is 0 Å². The van der Waals surface area contributed by atoms with Gasteiger partial charge in [0.05, 0.1) is 16.8 Å². The summed E-state index contributed by atoms with van der Waals surface area (Å²) >= 11 is 0. The first kappa shape index (κ1) is 14.3. The first-order valence-electron chi connectivity index (χ1n) is 6.80. The fraction of sp³-hybridized carbons (Fsp3) is 0.571. The molecule has 1 aromatic rings. The predicted octanol–water partition coefficient (Wildman–Crippen LogP) is 2.46. The van der Waals surface area contributed by atoms with E-state index in [4.69, 9.17) is 4.74 Å². The lowest BCUT2D eigenvalue weighted by molar-refractivity contribution is 0.0247. The number of nitrogens with one attached hydrogen (secondary N) is 1. The summed E-state index contributed by atoms with van der Waals surface area (Å²) in [5.41, 5.74) is 0.934. The maximum Gasteiger partial charge on any atom is 0.178 e. The summed E-state index contributed by atoms with van der Waals surface area (Å²) in [5.74, 6) is 0.135. The average Bonchev–Trinajstić information content (AvgIpc) is 2.47. The van der Waals surface area contributed by atoms with Crippen LogP contribution in [0.1, 0.15) is 26.2 Å². The van der Waals surface area contributed by atoms with Crippen LogP contribution in [0.25, 0.3) is 0 Å². The van der Waals surface area contributed by atoms with Gasteiger partial charge in [-0.3, -0.25) is 0 Å². The summed E-state index contributed by atoms with van der Waals surface area (Å²) in [6, 6.07) is 6.93. The number of rotatable bonds is 5. The van der Waals surface area contributed by atoms with Gasteiger partial charge in [-0.2, -0.15) is 0 Å². The highest BCUT2D eigenvalue weighted by Gasteiger charge is 2.14. The number of hydrogen-bond acceptors (Lipinski definition) is 4. The third-order valence-corrected chi connectivity index (χ3v) is 5.15. The number of hydrogen-bond donors (Lipinski definition) is 1. The molecule has 1 N–H and O–H groups in total. The molecule has 1 fully saturated rings. The molecule has 5 heteroatoms. The van der Waals surface area contributed by atoms with E-state index in [1.807, 2.05) is 12.1 Å². The maximum atomic E-state index is 11.7. The van der Waals surface area contributed by atoms with Gasteiger partial charge < -0.3 is 10.1 Å². The Morgan fingerprint density at radius 2 is 2.00 bits per heavy atom. The lowest BCUT2D eigenvalue weighted by atomic mass is 10.1. The van der Waals surface area contributed by atoms with E-state index in [1.54, 1.807) is 19.1 Å². The van der Waals surface area contributed by atoms with E-state index in [0.29, 0.717) is 4.90 Å². The molecule has 4 nitrogen and oxygen atoms in total. The molecule has 1 saturated heterocycles. The molecule has 0 amide bonds. The highest BCUT2D eigenvalue weighted by atomic mass is 32.2. The molecule has 0 bridgehead atoms. The molecule has 19 heavy (non-hydrogen) atoms. The van der Waals surface area contributed by atoms with Crippen LogP contribution in [0, 0.1) is 0 Å². The van der Waals surface area contributed by atoms with E-state index < -0.39 is 9.84 Å². The number of benzene rings is 1. The fourth-order valence-corrected chi connectivity index (χ4v) is 3.03. The molecular formula is C14H21NO3S. The van der Waals surface area contributed by atoms with Crippen molar-refractivity contribution in [1.82, 2.24) is 0 Å². The molecule has 1 aliphatic heterocycles. The summed E-state index contributed by atoms with van der Waals surface area (Å²) in [7, 11) is -3.10. The Balaban J connectivity index is 1.91. The molecule has 1 unspecified atom stereocenters. The SMILES string of the molecule is CCS(=O)(=O)c1ccc(NCC2CCCCO2)cc1.